The SMILES string of the molecule is C=CC(=O)OCC1CC2C3CC(COC(=O)c4ccc(C(=O)OCC5CC6CC5C5CC(COC(=O)C(=C)C)CC65)cc4C(=O)OCC4CC5C6CC(COC(C)=O)C(C6)C5C4)C(C3)C2C1. The van der Waals surface area contributed by atoms with Crippen LogP contribution in [0.1, 0.15) is 122 Å². The molecule has 0 N–H and O–H groups in total. The maximum absolute atomic E-state index is 14.1. The van der Waals surface area contributed by atoms with Crippen LogP contribution in [-0.4, -0.2) is 75.5 Å². The standard InChI is InChI=1S/C54H68O12/c1-5-50(56)62-21-29-8-40-35-16-38(45(20-35)46(40)11-29)26-66-53(59)39-7-6-32(52(58)65-25-37-15-34-19-44(37)48-12-30(9-41(34)48)22-63-51(57)27(2)3)17-49(39)54(60)64-23-31-10-42-33-14-36(24-61-28(4)55)43(18-33)47(42)13-31/h5-7,17,29-31,33-38,40-48H,1-2,8-16,18-26H2,3-4H3. The van der Waals surface area contributed by atoms with Gasteiger partial charge in [-0.05, 0) is 209 Å². The Morgan fingerprint density at radius 1 is 0.485 bits per heavy atom. The minimum Gasteiger partial charge on any atom is -0.466 e. The molecule has 0 spiro atoms. The second-order valence-electron chi connectivity index (χ2n) is 22.5. The van der Waals surface area contributed by atoms with Crippen LogP contribution in [0.25, 0.3) is 0 Å². The average molecular weight is 909 g/mol. The minimum absolute atomic E-state index is 0.0157. The summed E-state index contributed by atoms with van der Waals surface area (Å²) in [6.45, 7) is 12.4. The number of hydrogen-bond acceptors (Lipinski definition) is 12. The molecule has 66 heavy (non-hydrogen) atoms. The first-order valence-electron chi connectivity index (χ1n) is 25.2. The van der Waals surface area contributed by atoms with Crippen molar-refractivity contribution in [1.82, 2.24) is 0 Å². The average Bonchev–Trinajstić information content (AvgIpc) is 4.17. The van der Waals surface area contributed by atoms with Crippen LogP contribution in [-0.2, 0) is 42.8 Å². The highest BCUT2D eigenvalue weighted by Crippen LogP contribution is 2.64. The molecule has 0 amide bonds. The fraction of sp³-hybridized carbons (Fsp3) is 0.704. The molecule has 0 aromatic heterocycles. The highest BCUT2D eigenvalue weighted by molar-refractivity contribution is 6.05. The van der Waals surface area contributed by atoms with Crippen LogP contribution >= 0.6 is 0 Å². The minimum atomic E-state index is -0.648. The number of rotatable bonds is 17. The van der Waals surface area contributed by atoms with Crippen molar-refractivity contribution in [1.29, 1.82) is 0 Å². The Morgan fingerprint density at radius 2 is 0.909 bits per heavy atom. The second-order valence-corrected chi connectivity index (χ2v) is 22.5. The predicted octanol–water partition coefficient (Wildman–Crippen LogP) is 8.46. The van der Waals surface area contributed by atoms with Crippen molar-refractivity contribution in [3.05, 3.63) is 59.7 Å². The second kappa shape index (κ2) is 18.5. The zero-order valence-corrected chi connectivity index (χ0v) is 38.7. The van der Waals surface area contributed by atoms with E-state index in [1.807, 2.05) is 0 Å². The first-order chi connectivity index (χ1) is 31.8. The number of ether oxygens (including phenoxy) is 6. The monoisotopic (exact) mass is 908 g/mol. The van der Waals surface area contributed by atoms with Crippen molar-refractivity contribution in [2.75, 3.05) is 39.6 Å². The molecule has 0 saturated heterocycles. The van der Waals surface area contributed by atoms with Crippen molar-refractivity contribution in [2.24, 2.45) is 107 Å². The summed E-state index contributed by atoms with van der Waals surface area (Å²) in [5.74, 6) is 5.59. The first-order valence-corrected chi connectivity index (χ1v) is 25.2. The molecular formula is C54H68O12. The fourth-order valence-electron chi connectivity index (χ4n) is 16.6. The quantitative estimate of drug-likeness (QED) is 0.0836. The van der Waals surface area contributed by atoms with E-state index in [1.165, 1.54) is 31.6 Å². The lowest BCUT2D eigenvalue weighted by Crippen LogP contribution is -2.29. The molecule has 0 heterocycles. The number of hydrogen-bond donors (Lipinski definition) is 0. The third kappa shape index (κ3) is 8.76. The number of esters is 6. The summed E-state index contributed by atoms with van der Waals surface area (Å²) in [6.07, 6.45) is 13.8. The highest BCUT2D eigenvalue weighted by atomic mass is 16.6. The first kappa shape index (κ1) is 45.3. The van der Waals surface area contributed by atoms with E-state index in [2.05, 4.69) is 13.2 Å². The Morgan fingerprint density at radius 3 is 1.39 bits per heavy atom. The molecule has 12 heteroatoms. The van der Waals surface area contributed by atoms with Gasteiger partial charge in [0.05, 0.1) is 56.3 Å². The molecule has 9 saturated carbocycles. The fourth-order valence-corrected chi connectivity index (χ4v) is 16.6. The molecule has 1 aromatic carbocycles. The lowest BCUT2D eigenvalue weighted by Gasteiger charge is -2.31. The van der Waals surface area contributed by atoms with Gasteiger partial charge >= 0.3 is 35.8 Å². The van der Waals surface area contributed by atoms with Crippen molar-refractivity contribution < 1.29 is 57.2 Å². The maximum atomic E-state index is 14.1. The number of fused-ring (bicyclic) bond motifs is 15. The summed E-state index contributed by atoms with van der Waals surface area (Å²) in [5, 5.41) is 0. The van der Waals surface area contributed by atoms with E-state index in [1.54, 1.807) is 13.0 Å². The van der Waals surface area contributed by atoms with E-state index in [9.17, 15) is 28.8 Å². The van der Waals surface area contributed by atoms with Gasteiger partial charge in [-0.15, -0.1) is 0 Å². The summed E-state index contributed by atoms with van der Waals surface area (Å²) in [4.78, 5) is 77.2. The third-order valence-electron chi connectivity index (χ3n) is 19.0. The van der Waals surface area contributed by atoms with Gasteiger partial charge in [0.25, 0.3) is 0 Å². The topological polar surface area (TPSA) is 158 Å². The van der Waals surface area contributed by atoms with Crippen LogP contribution in [0, 0.1) is 107 Å². The van der Waals surface area contributed by atoms with Gasteiger partial charge in [0.15, 0.2) is 0 Å². The van der Waals surface area contributed by atoms with Crippen LogP contribution in [0.15, 0.2) is 43.0 Å². The van der Waals surface area contributed by atoms with E-state index in [0.29, 0.717) is 121 Å². The third-order valence-corrected chi connectivity index (χ3v) is 19.0. The van der Waals surface area contributed by atoms with Crippen LogP contribution in [0.4, 0.5) is 0 Å². The van der Waals surface area contributed by atoms with Crippen molar-refractivity contribution in [3.8, 4) is 0 Å². The molecule has 18 atom stereocenters. The van der Waals surface area contributed by atoms with Crippen LogP contribution in [0.2, 0.25) is 0 Å². The summed E-state index contributed by atoms with van der Waals surface area (Å²) in [5.41, 5.74) is 0.707. The zero-order chi connectivity index (χ0) is 46.0. The molecule has 6 bridgehead atoms. The summed E-state index contributed by atoms with van der Waals surface area (Å²) < 4.78 is 34.4. The predicted molar refractivity (Wildman–Crippen MR) is 239 cm³/mol. The number of carbonyl (C=O) groups excluding carboxylic acids is 6. The molecule has 18 unspecified atom stereocenters. The highest BCUT2D eigenvalue weighted by Gasteiger charge is 2.58. The molecule has 356 valence electrons. The molecule has 10 rings (SSSR count). The smallest absolute Gasteiger partial charge is 0.339 e. The molecule has 9 fully saturated rings. The Kier molecular flexibility index (Phi) is 12.7. The van der Waals surface area contributed by atoms with Gasteiger partial charge in [-0.1, -0.05) is 13.2 Å². The molecule has 0 radical (unpaired) electrons. The van der Waals surface area contributed by atoms with Gasteiger partial charge in [0.2, 0.25) is 0 Å². The number of carbonyl (C=O) groups is 6. The van der Waals surface area contributed by atoms with E-state index in [0.717, 1.165) is 70.6 Å². The van der Waals surface area contributed by atoms with E-state index in [-0.39, 0.29) is 65.6 Å². The Labute approximate surface area is 388 Å². The van der Waals surface area contributed by atoms with Crippen LogP contribution in [0.5, 0.6) is 0 Å². The van der Waals surface area contributed by atoms with Gasteiger partial charge in [-0.3, -0.25) is 4.79 Å². The molecule has 9 aliphatic rings. The van der Waals surface area contributed by atoms with Gasteiger partial charge < -0.3 is 28.4 Å². The molecular weight excluding hydrogens is 841 g/mol. The van der Waals surface area contributed by atoms with Gasteiger partial charge in [-0.25, -0.2) is 24.0 Å². The maximum Gasteiger partial charge on any atom is 0.339 e. The van der Waals surface area contributed by atoms with E-state index < -0.39 is 17.9 Å². The molecule has 0 aliphatic heterocycles. The lowest BCUT2D eigenvalue weighted by atomic mass is 9.76. The molecule has 12 nitrogen and oxygen atoms in total. The normalized spacial score (nSPS) is 39.2. The Balaban J connectivity index is 0.776. The van der Waals surface area contributed by atoms with Crippen LogP contribution < -0.4 is 0 Å². The van der Waals surface area contributed by atoms with Crippen molar-refractivity contribution in [3.63, 3.8) is 0 Å². The zero-order valence-electron chi connectivity index (χ0n) is 38.7. The van der Waals surface area contributed by atoms with Gasteiger partial charge in [0.1, 0.15) is 0 Å². The Hall–Kier alpha value is -4.48. The van der Waals surface area contributed by atoms with Crippen molar-refractivity contribution >= 4 is 35.8 Å². The van der Waals surface area contributed by atoms with Gasteiger partial charge in [-0.2, -0.15) is 0 Å². The summed E-state index contributed by atoms with van der Waals surface area (Å²) in [6, 6.07) is 4.52. The van der Waals surface area contributed by atoms with E-state index >= 15 is 0 Å². The number of benzene rings is 1. The largest absolute Gasteiger partial charge is 0.466 e. The molecule has 1 aromatic rings. The molecule has 9 aliphatic carbocycles. The summed E-state index contributed by atoms with van der Waals surface area (Å²) >= 11 is 0. The van der Waals surface area contributed by atoms with Gasteiger partial charge in [0, 0.05) is 18.6 Å². The van der Waals surface area contributed by atoms with Crippen LogP contribution in [0.3, 0.4) is 0 Å². The van der Waals surface area contributed by atoms with Crippen molar-refractivity contribution in [2.45, 2.75) is 90.9 Å². The lowest BCUT2D eigenvalue weighted by molar-refractivity contribution is -0.143. The van der Waals surface area contributed by atoms with E-state index in [4.69, 9.17) is 28.4 Å². The Bertz CT molecular complexity index is 2130. The summed E-state index contributed by atoms with van der Waals surface area (Å²) in [7, 11) is 0.